The predicted molar refractivity (Wildman–Crippen MR) is 132 cm³/mol. The average Bonchev–Trinajstić information content (AvgIpc) is 3.24. The molecule has 2 aromatic heterocycles. The minimum atomic E-state index is -3.06. The molecule has 4 rings (SSSR count). The summed E-state index contributed by atoms with van der Waals surface area (Å²) in [5.74, 6) is -3.18. The molecule has 3 N–H and O–H groups in total. The number of phenols is 1. The van der Waals surface area contributed by atoms with Gasteiger partial charge in [-0.05, 0) is 50.8 Å². The number of carbonyl (C=O) groups excluding carboxylic acids is 1. The number of phenolic OH excluding ortho intramolecular Hbond substituents is 1. The Hall–Kier alpha value is -3.02. The van der Waals surface area contributed by atoms with Crippen molar-refractivity contribution in [2.45, 2.75) is 24.9 Å². The summed E-state index contributed by atoms with van der Waals surface area (Å²) in [7, 11) is 6.86. The van der Waals surface area contributed by atoms with Crippen LogP contribution >= 0.6 is 11.3 Å². The molecule has 188 valence electrons. The van der Waals surface area contributed by atoms with Crippen LogP contribution in [0.2, 0.25) is 0 Å². The highest BCUT2D eigenvalue weighted by atomic mass is 32.1. The van der Waals surface area contributed by atoms with E-state index in [1.54, 1.807) is 25.4 Å². The van der Waals surface area contributed by atoms with Crippen molar-refractivity contribution in [3.63, 3.8) is 0 Å². The number of fused-ring (bicyclic) bond motifs is 1. The van der Waals surface area contributed by atoms with Crippen LogP contribution in [-0.4, -0.2) is 66.7 Å². The lowest BCUT2D eigenvalue weighted by atomic mass is 10.0. The molecular weight excluding hydrogens is 478 g/mol. The number of aryl methyl sites for hydroxylation is 1. The second-order valence-electron chi connectivity index (χ2n) is 8.98. The third kappa shape index (κ3) is 4.89. The largest absolute Gasteiger partial charge is 0.507 e. The number of methoxy groups -OCH3 is 1. The zero-order chi connectivity index (χ0) is 25.5. The van der Waals surface area contributed by atoms with Gasteiger partial charge in [-0.3, -0.25) is 9.59 Å². The number of alkyl halides is 2. The standard InChI is InChI=1S/C24H28F2N4O4S/c1-29(2)10-16-17(31)7-13(8-18(16)34-4)15-11-30(3)23(33)14-9-19(35-21(14)15)22(32)28-20-5-6-27-12-24(20,25)26/h7-9,11,20,27,31H,5-6,10,12H2,1-4H3,(H,28,32)/t20-/m0/s1. The molecule has 0 spiro atoms. The molecule has 1 aliphatic heterocycles. The molecule has 0 bridgehead atoms. The first-order chi connectivity index (χ1) is 16.5. The first-order valence-corrected chi connectivity index (χ1v) is 11.9. The Bertz CT molecular complexity index is 1340. The molecule has 1 saturated heterocycles. The summed E-state index contributed by atoms with van der Waals surface area (Å²) in [4.78, 5) is 27.8. The second kappa shape index (κ2) is 9.56. The number of aromatic hydroxyl groups is 1. The van der Waals surface area contributed by atoms with Crippen LogP contribution in [0.5, 0.6) is 11.5 Å². The van der Waals surface area contributed by atoms with Gasteiger partial charge in [0.15, 0.2) is 0 Å². The van der Waals surface area contributed by atoms with Crippen LogP contribution in [0.4, 0.5) is 8.78 Å². The van der Waals surface area contributed by atoms with Gasteiger partial charge >= 0.3 is 0 Å². The Labute approximate surface area is 205 Å². The quantitative estimate of drug-likeness (QED) is 0.476. The fourth-order valence-electron chi connectivity index (χ4n) is 4.25. The summed E-state index contributed by atoms with van der Waals surface area (Å²) in [6, 6.07) is 3.52. The van der Waals surface area contributed by atoms with Gasteiger partial charge in [0, 0.05) is 35.6 Å². The molecule has 11 heteroatoms. The van der Waals surface area contributed by atoms with E-state index in [2.05, 4.69) is 10.6 Å². The number of rotatable bonds is 6. The minimum absolute atomic E-state index is 0.0396. The van der Waals surface area contributed by atoms with Crippen molar-refractivity contribution < 1.29 is 23.4 Å². The number of benzene rings is 1. The molecule has 0 aliphatic carbocycles. The Balaban J connectivity index is 1.78. The smallest absolute Gasteiger partial charge is 0.280 e. The van der Waals surface area contributed by atoms with E-state index in [4.69, 9.17) is 4.74 Å². The van der Waals surface area contributed by atoms with E-state index in [1.807, 2.05) is 19.0 Å². The van der Waals surface area contributed by atoms with Crippen molar-refractivity contribution in [2.24, 2.45) is 7.05 Å². The van der Waals surface area contributed by atoms with Crippen LogP contribution in [0.25, 0.3) is 21.2 Å². The Kier molecular flexibility index (Phi) is 6.85. The molecule has 3 heterocycles. The highest BCUT2D eigenvalue weighted by Crippen LogP contribution is 2.39. The highest BCUT2D eigenvalue weighted by Gasteiger charge is 2.42. The molecule has 1 atom stereocenters. The van der Waals surface area contributed by atoms with E-state index in [0.717, 1.165) is 11.3 Å². The van der Waals surface area contributed by atoms with E-state index in [9.17, 15) is 23.5 Å². The molecule has 0 radical (unpaired) electrons. The maximum Gasteiger partial charge on any atom is 0.280 e. The maximum absolute atomic E-state index is 14.2. The van der Waals surface area contributed by atoms with E-state index in [-0.39, 0.29) is 22.6 Å². The lowest BCUT2D eigenvalue weighted by Gasteiger charge is -2.32. The number of nitrogens with zero attached hydrogens (tertiary/aromatic N) is 2. The Morgan fingerprint density at radius 2 is 2.11 bits per heavy atom. The number of pyridine rings is 1. The van der Waals surface area contributed by atoms with Crippen LogP contribution in [0.1, 0.15) is 21.7 Å². The lowest BCUT2D eigenvalue weighted by Crippen LogP contribution is -2.57. The first-order valence-electron chi connectivity index (χ1n) is 11.1. The van der Waals surface area contributed by atoms with Gasteiger partial charge in [-0.25, -0.2) is 8.78 Å². The van der Waals surface area contributed by atoms with Crippen molar-refractivity contribution in [3.8, 4) is 22.6 Å². The van der Waals surface area contributed by atoms with Crippen molar-refractivity contribution in [3.05, 3.63) is 45.2 Å². The predicted octanol–water partition coefficient (Wildman–Crippen LogP) is 2.77. The van der Waals surface area contributed by atoms with Crippen molar-refractivity contribution >= 4 is 27.3 Å². The lowest BCUT2D eigenvalue weighted by molar-refractivity contribution is -0.0487. The third-order valence-electron chi connectivity index (χ3n) is 6.05. The summed E-state index contributed by atoms with van der Waals surface area (Å²) >= 11 is 1.06. The fourth-order valence-corrected chi connectivity index (χ4v) is 5.34. The molecule has 1 aliphatic rings. The summed E-state index contributed by atoms with van der Waals surface area (Å²) in [6.07, 6.45) is 1.73. The average molecular weight is 507 g/mol. The molecule has 0 saturated carbocycles. The number of halogens is 2. The van der Waals surface area contributed by atoms with Crippen molar-refractivity contribution in [1.29, 1.82) is 0 Å². The van der Waals surface area contributed by atoms with Crippen LogP contribution < -0.4 is 20.9 Å². The number of aromatic nitrogens is 1. The van der Waals surface area contributed by atoms with E-state index < -0.39 is 24.4 Å². The topological polar surface area (TPSA) is 95.8 Å². The number of amides is 1. The molecule has 8 nitrogen and oxygen atoms in total. The number of hydrogen-bond donors (Lipinski definition) is 3. The Morgan fingerprint density at radius 1 is 1.37 bits per heavy atom. The van der Waals surface area contributed by atoms with Gasteiger partial charge in [0.25, 0.3) is 17.4 Å². The summed E-state index contributed by atoms with van der Waals surface area (Å²) in [5.41, 5.74) is 1.52. The van der Waals surface area contributed by atoms with E-state index in [0.29, 0.717) is 45.6 Å². The molecule has 1 aromatic carbocycles. The molecule has 0 unspecified atom stereocenters. The summed E-state index contributed by atoms with van der Waals surface area (Å²) in [5, 5.41) is 16.1. The molecule has 1 amide bonds. The van der Waals surface area contributed by atoms with Gasteiger partial charge in [0.1, 0.15) is 11.5 Å². The molecule has 3 aromatic rings. The fraction of sp³-hybridized carbons (Fsp3) is 0.417. The number of carbonyl (C=O) groups is 1. The van der Waals surface area contributed by atoms with Crippen LogP contribution in [-0.2, 0) is 13.6 Å². The monoisotopic (exact) mass is 506 g/mol. The van der Waals surface area contributed by atoms with Gasteiger partial charge in [-0.15, -0.1) is 11.3 Å². The van der Waals surface area contributed by atoms with Gasteiger partial charge in [-0.2, -0.15) is 0 Å². The minimum Gasteiger partial charge on any atom is -0.507 e. The van der Waals surface area contributed by atoms with Crippen molar-refractivity contribution in [1.82, 2.24) is 20.1 Å². The number of nitrogens with one attached hydrogen (secondary N) is 2. The van der Waals surface area contributed by atoms with Gasteiger partial charge < -0.3 is 29.9 Å². The number of hydrogen-bond acceptors (Lipinski definition) is 7. The Morgan fingerprint density at radius 3 is 2.77 bits per heavy atom. The highest BCUT2D eigenvalue weighted by molar-refractivity contribution is 7.21. The van der Waals surface area contributed by atoms with E-state index >= 15 is 0 Å². The zero-order valence-corrected chi connectivity index (χ0v) is 20.8. The number of ether oxygens (including phenoxy) is 1. The van der Waals surface area contributed by atoms with Gasteiger partial charge in [0.2, 0.25) is 0 Å². The van der Waals surface area contributed by atoms with Gasteiger partial charge in [-0.1, -0.05) is 0 Å². The number of thiophene rings is 1. The van der Waals surface area contributed by atoms with Crippen LogP contribution in [0.15, 0.2) is 29.2 Å². The van der Waals surface area contributed by atoms with Crippen LogP contribution in [0, 0.1) is 0 Å². The maximum atomic E-state index is 14.2. The molecule has 35 heavy (non-hydrogen) atoms. The zero-order valence-electron chi connectivity index (χ0n) is 19.9. The second-order valence-corrected chi connectivity index (χ2v) is 10.0. The molecular formula is C24H28F2N4O4S. The summed E-state index contributed by atoms with van der Waals surface area (Å²) < 4.78 is 35.8. The summed E-state index contributed by atoms with van der Waals surface area (Å²) in [6.45, 7) is 0.347. The first kappa shape index (κ1) is 25.1. The van der Waals surface area contributed by atoms with Crippen molar-refractivity contribution in [2.75, 3.05) is 34.3 Å². The molecule has 1 fully saturated rings. The van der Waals surface area contributed by atoms with E-state index in [1.165, 1.54) is 17.7 Å². The van der Waals surface area contributed by atoms with Gasteiger partial charge in [0.05, 0.1) is 30.0 Å². The third-order valence-corrected chi connectivity index (χ3v) is 7.22. The normalized spacial score (nSPS) is 17.6. The number of piperidine rings is 1. The van der Waals surface area contributed by atoms with Crippen LogP contribution in [0.3, 0.4) is 0 Å². The SMILES string of the molecule is COc1cc(-c2cn(C)c(=O)c3cc(C(=O)N[C@H]4CCNCC4(F)F)sc23)cc(O)c1CN(C)C.